The zero-order valence-corrected chi connectivity index (χ0v) is 16.9. The molecule has 0 aromatic heterocycles. The molecule has 1 spiro atoms. The first-order chi connectivity index (χ1) is 14.1. The number of fused-ring (bicyclic) bond motifs is 2. The highest BCUT2D eigenvalue weighted by Gasteiger charge is 2.43. The highest BCUT2D eigenvalue weighted by molar-refractivity contribution is 5.92. The molecule has 29 heavy (non-hydrogen) atoms. The van der Waals surface area contributed by atoms with Gasteiger partial charge in [0.1, 0.15) is 0 Å². The second-order valence-corrected chi connectivity index (χ2v) is 7.19. The van der Waals surface area contributed by atoms with Gasteiger partial charge in [-0.2, -0.15) is 10.7 Å². The molecule has 0 atom stereocenters. The quantitative estimate of drug-likeness (QED) is 0.608. The molecule has 0 unspecified atom stereocenters. The van der Waals surface area contributed by atoms with Gasteiger partial charge in [-0.3, -0.25) is 9.63 Å². The van der Waals surface area contributed by atoms with Crippen LogP contribution in [0.3, 0.4) is 0 Å². The topological polar surface area (TPSA) is 92.7 Å². The first kappa shape index (κ1) is 21.1. The molecule has 9 heteroatoms. The molecule has 158 valence electrons. The Labute approximate surface area is 170 Å². The van der Waals surface area contributed by atoms with Gasteiger partial charge in [-0.25, -0.2) is 4.79 Å². The number of carbonyl (C=O) groups excluding carboxylic acids is 2. The van der Waals surface area contributed by atoms with Crippen LogP contribution in [0.25, 0.3) is 0 Å². The van der Waals surface area contributed by atoms with Crippen molar-refractivity contribution in [1.82, 2.24) is 15.4 Å². The zero-order chi connectivity index (χ0) is 20.7. The molecule has 1 aromatic carbocycles. The number of rotatable bonds is 3. The normalized spacial score (nSPS) is 20.8. The molecule has 3 aliphatic rings. The number of urea groups is 1. The van der Waals surface area contributed by atoms with Crippen LogP contribution < -0.4 is 5.59 Å². The van der Waals surface area contributed by atoms with Gasteiger partial charge in [-0.1, -0.05) is 24.3 Å². The monoisotopic (exact) mass is 404 g/mol. The molecular weight excluding hydrogens is 376 g/mol. The van der Waals surface area contributed by atoms with E-state index in [0.717, 1.165) is 38.1 Å². The highest BCUT2D eigenvalue weighted by Crippen LogP contribution is 2.44. The lowest BCUT2D eigenvalue weighted by Gasteiger charge is -2.40. The number of nitrogens with one attached hydrogen (secondary N) is 1. The fraction of sp³-hybridized carbons (Fsp3) is 0.550. The number of hydrogen-bond acceptors (Lipinski definition) is 7. The molecule has 0 radical (unpaired) electrons. The summed E-state index contributed by atoms with van der Waals surface area (Å²) in [5.74, 6) is 0. The Kier molecular flexibility index (Phi) is 7.05. The standard InChI is InChI=1S/C18H24N4O3.C2H4O2/c1-24-20-19-15-6-9-22(12-15)17(23)21-10-7-18(8-11-21)16-5-3-2-4-14(16)13-25-18;1-4-2-3/h2-5,20H,6-13H2,1H3;2H,1H3/b19-15+;. The van der Waals surface area contributed by atoms with Crippen LogP contribution in [0.15, 0.2) is 29.4 Å². The predicted molar refractivity (Wildman–Crippen MR) is 106 cm³/mol. The van der Waals surface area contributed by atoms with Crippen molar-refractivity contribution in [2.75, 3.05) is 40.4 Å². The molecule has 0 saturated carbocycles. The van der Waals surface area contributed by atoms with Crippen molar-refractivity contribution in [2.45, 2.75) is 31.5 Å². The number of ether oxygens (including phenoxy) is 2. The Morgan fingerprint density at radius 3 is 2.62 bits per heavy atom. The Balaban J connectivity index is 0.000000552. The van der Waals surface area contributed by atoms with Gasteiger partial charge in [0.05, 0.1) is 38.7 Å². The van der Waals surface area contributed by atoms with E-state index < -0.39 is 0 Å². The third-order valence-electron chi connectivity index (χ3n) is 5.56. The van der Waals surface area contributed by atoms with Crippen LogP contribution in [0.5, 0.6) is 0 Å². The Bertz CT molecular complexity index is 746. The predicted octanol–water partition coefficient (Wildman–Crippen LogP) is 1.63. The summed E-state index contributed by atoms with van der Waals surface area (Å²) in [6.45, 7) is 3.79. The van der Waals surface area contributed by atoms with E-state index in [2.05, 4.69) is 39.7 Å². The molecular formula is C20H28N4O5. The number of nitrogens with zero attached hydrogens (tertiary/aromatic N) is 3. The lowest BCUT2D eigenvalue weighted by atomic mass is 9.84. The third kappa shape index (κ3) is 4.68. The molecule has 1 N–H and O–H groups in total. The number of methoxy groups -OCH3 is 1. The molecule has 2 amide bonds. The fourth-order valence-corrected chi connectivity index (χ4v) is 4.06. The Morgan fingerprint density at radius 2 is 1.93 bits per heavy atom. The smallest absolute Gasteiger partial charge is 0.320 e. The van der Waals surface area contributed by atoms with Crippen LogP contribution in [0.1, 0.15) is 30.4 Å². The van der Waals surface area contributed by atoms with E-state index in [1.165, 1.54) is 25.3 Å². The van der Waals surface area contributed by atoms with Crippen molar-refractivity contribution in [3.63, 3.8) is 0 Å². The van der Waals surface area contributed by atoms with Gasteiger partial charge in [-0.05, 0) is 24.0 Å². The minimum absolute atomic E-state index is 0.101. The van der Waals surface area contributed by atoms with E-state index >= 15 is 0 Å². The summed E-state index contributed by atoms with van der Waals surface area (Å²) >= 11 is 0. The SMILES string of the molecule is COC=O.CON/N=C1\CCN(C(=O)N2CCC3(CC2)OCc2ccccc23)C1. The van der Waals surface area contributed by atoms with E-state index in [1.807, 2.05) is 9.80 Å². The van der Waals surface area contributed by atoms with Crippen molar-refractivity contribution >= 4 is 18.2 Å². The minimum atomic E-state index is -0.201. The maximum atomic E-state index is 12.8. The summed E-state index contributed by atoms with van der Waals surface area (Å²) in [6.07, 6.45) is 2.50. The molecule has 1 aromatic rings. The van der Waals surface area contributed by atoms with Gasteiger partial charge in [-0.15, -0.1) is 0 Å². The van der Waals surface area contributed by atoms with E-state index in [4.69, 9.17) is 14.4 Å². The number of piperidine rings is 1. The largest absolute Gasteiger partial charge is 0.471 e. The first-order valence-corrected chi connectivity index (χ1v) is 9.69. The average Bonchev–Trinajstić information content (AvgIpc) is 3.38. The first-order valence-electron chi connectivity index (χ1n) is 9.69. The summed E-state index contributed by atoms with van der Waals surface area (Å²) < 4.78 is 10.0. The number of amides is 2. The van der Waals surface area contributed by atoms with Gasteiger partial charge >= 0.3 is 6.03 Å². The molecule has 3 heterocycles. The van der Waals surface area contributed by atoms with Crippen LogP contribution >= 0.6 is 0 Å². The van der Waals surface area contributed by atoms with E-state index in [-0.39, 0.29) is 11.6 Å². The van der Waals surface area contributed by atoms with Crippen LogP contribution in [0.4, 0.5) is 4.79 Å². The molecule has 0 bridgehead atoms. The number of hydrazone groups is 1. The zero-order valence-electron chi connectivity index (χ0n) is 16.9. The molecule has 3 aliphatic heterocycles. The molecule has 4 rings (SSSR count). The van der Waals surface area contributed by atoms with Crippen molar-refractivity contribution in [1.29, 1.82) is 0 Å². The minimum Gasteiger partial charge on any atom is -0.471 e. The van der Waals surface area contributed by atoms with Gasteiger partial charge in [0, 0.05) is 26.1 Å². The second-order valence-electron chi connectivity index (χ2n) is 7.19. The van der Waals surface area contributed by atoms with E-state index in [0.29, 0.717) is 26.2 Å². The van der Waals surface area contributed by atoms with E-state index in [9.17, 15) is 4.79 Å². The maximum Gasteiger partial charge on any atom is 0.320 e. The van der Waals surface area contributed by atoms with Crippen molar-refractivity contribution in [3.8, 4) is 0 Å². The lowest BCUT2D eigenvalue weighted by molar-refractivity contribution is -0.126. The summed E-state index contributed by atoms with van der Waals surface area (Å²) in [7, 11) is 2.84. The summed E-state index contributed by atoms with van der Waals surface area (Å²) in [5.41, 5.74) is 5.83. The average molecular weight is 404 g/mol. The van der Waals surface area contributed by atoms with Gasteiger partial charge < -0.3 is 19.3 Å². The van der Waals surface area contributed by atoms with Gasteiger partial charge in [0.2, 0.25) is 0 Å². The van der Waals surface area contributed by atoms with Crippen LogP contribution in [-0.4, -0.2) is 68.4 Å². The summed E-state index contributed by atoms with van der Waals surface area (Å²) in [4.78, 5) is 30.3. The number of carbonyl (C=O) groups is 2. The second kappa shape index (κ2) is 9.71. The van der Waals surface area contributed by atoms with Crippen LogP contribution in [0, 0.1) is 0 Å². The van der Waals surface area contributed by atoms with E-state index in [1.54, 1.807) is 0 Å². The number of hydrogen-bond donors (Lipinski definition) is 1. The molecule has 9 nitrogen and oxygen atoms in total. The van der Waals surface area contributed by atoms with Crippen LogP contribution in [0.2, 0.25) is 0 Å². The maximum absolute atomic E-state index is 12.8. The van der Waals surface area contributed by atoms with Gasteiger partial charge in [0.25, 0.3) is 6.47 Å². The summed E-state index contributed by atoms with van der Waals surface area (Å²) in [6, 6.07) is 8.55. The van der Waals surface area contributed by atoms with Crippen molar-refractivity contribution in [3.05, 3.63) is 35.4 Å². The highest BCUT2D eigenvalue weighted by atomic mass is 16.7. The Morgan fingerprint density at radius 1 is 1.21 bits per heavy atom. The van der Waals surface area contributed by atoms with Crippen molar-refractivity contribution < 1.29 is 23.9 Å². The third-order valence-corrected chi connectivity index (χ3v) is 5.56. The molecule has 2 saturated heterocycles. The molecule has 2 fully saturated rings. The Hall–Kier alpha value is -2.65. The number of benzene rings is 1. The summed E-state index contributed by atoms with van der Waals surface area (Å²) in [5, 5.41) is 4.11. The lowest BCUT2D eigenvalue weighted by Crippen LogP contribution is -2.49. The van der Waals surface area contributed by atoms with Crippen molar-refractivity contribution in [2.24, 2.45) is 5.10 Å². The number of likely N-dealkylation sites (tertiary alicyclic amines) is 2. The van der Waals surface area contributed by atoms with Crippen LogP contribution in [-0.2, 0) is 31.3 Å². The van der Waals surface area contributed by atoms with Gasteiger partial charge in [0.15, 0.2) is 0 Å². The molecule has 0 aliphatic carbocycles. The fourth-order valence-electron chi connectivity index (χ4n) is 4.06.